The van der Waals surface area contributed by atoms with Crippen molar-refractivity contribution in [3.05, 3.63) is 114 Å². The number of carbonyl (C=O) groups is 2. The molecule has 0 bridgehead atoms. The van der Waals surface area contributed by atoms with E-state index in [0.717, 1.165) is 33.7 Å². The standard InChI is InChI=1S/C30H28N2O4/c1-32(27-9-5-8-25(20-27)24-13-10-22(11-14-24)12-19-29(33)34)30(35)31-26-15-17-28(18-16-26)36-21-23-6-3-2-4-7-23/h2-11,13-18,20H,12,19,21H2,1H3,(H,31,35)(H,33,34). The Morgan fingerprint density at radius 1 is 0.806 bits per heavy atom. The summed E-state index contributed by atoms with van der Waals surface area (Å²) in [5.41, 5.74) is 5.46. The van der Waals surface area contributed by atoms with Crippen LogP contribution in [-0.2, 0) is 17.8 Å². The maximum atomic E-state index is 12.9. The van der Waals surface area contributed by atoms with E-state index in [4.69, 9.17) is 9.84 Å². The van der Waals surface area contributed by atoms with E-state index >= 15 is 0 Å². The summed E-state index contributed by atoms with van der Waals surface area (Å²) in [6.45, 7) is 0.483. The first-order valence-electron chi connectivity index (χ1n) is 11.7. The van der Waals surface area contributed by atoms with Crippen LogP contribution in [0.5, 0.6) is 5.75 Å². The zero-order valence-corrected chi connectivity index (χ0v) is 20.1. The van der Waals surface area contributed by atoms with Crippen LogP contribution in [0.2, 0.25) is 0 Å². The molecule has 0 atom stereocenters. The van der Waals surface area contributed by atoms with Crippen molar-refractivity contribution in [3.63, 3.8) is 0 Å². The molecule has 0 unspecified atom stereocenters. The van der Waals surface area contributed by atoms with Crippen LogP contribution in [0.1, 0.15) is 17.5 Å². The molecule has 0 aromatic heterocycles. The zero-order valence-electron chi connectivity index (χ0n) is 20.1. The van der Waals surface area contributed by atoms with Crippen LogP contribution in [0.4, 0.5) is 16.2 Å². The molecule has 0 aliphatic rings. The van der Waals surface area contributed by atoms with Crippen LogP contribution < -0.4 is 15.0 Å². The molecule has 0 heterocycles. The van der Waals surface area contributed by atoms with Gasteiger partial charge in [-0.25, -0.2) is 4.79 Å². The van der Waals surface area contributed by atoms with Crippen molar-refractivity contribution >= 4 is 23.4 Å². The molecule has 182 valence electrons. The van der Waals surface area contributed by atoms with E-state index < -0.39 is 5.97 Å². The molecule has 2 amide bonds. The van der Waals surface area contributed by atoms with Gasteiger partial charge in [0.05, 0.1) is 0 Å². The van der Waals surface area contributed by atoms with Crippen LogP contribution >= 0.6 is 0 Å². The Morgan fingerprint density at radius 2 is 1.53 bits per heavy atom. The lowest BCUT2D eigenvalue weighted by molar-refractivity contribution is -0.136. The molecule has 36 heavy (non-hydrogen) atoms. The van der Waals surface area contributed by atoms with Gasteiger partial charge in [-0.15, -0.1) is 0 Å². The minimum atomic E-state index is -0.805. The van der Waals surface area contributed by atoms with E-state index in [1.165, 1.54) is 0 Å². The second-order valence-corrected chi connectivity index (χ2v) is 8.43. The first kappa shape index (κ1) is 24.5. The van der Waals surface area contributed by atoms with Crippen molar-refractivity contribution in [2.75, 3.05) is 17.3 Å². The highest BCUT2D eigenvalue weighted by molar-refractivity contribution is 6.01. The number of aryl methyl sites for hydroxylation is 1. The van der Waals surface area contributed by atoms with Gasteiger partial charge in [0.1, 0.15) is 12.4 Å². The number of urea groups is 1. The summed E-state index contributed by atoms with van der Waals surface area (Å²) in [5.74, 6) is -0.0766. The van der Waals surface area contributed by atoms with E-state index in [0.29, 0.717) is 18.7 Å². The maximum absolute atomic E-state index is 12.9. The molecule has 0 saturated carbocycles. The van der Waals surface area contributed by atoms with Crippen molar-refractivity contribution in [2.45, 2.75) is 19.4 Å². The average molecular weight is 481 g/mol. The molecule has 0 aliphatic carbocycles. The van der Waals surface area contributed by atoms with Crippen LogP contribution in [0.3, 0.4) is 0 Å². The number of carboxylic acid groups (broad SMARTS) is 1. The summed E-state index contributed by atoms with van der Waals surface area (Å²) < 4.78 is 5.81. The largest absolute Gasteiger partial charge is 0.489 e. The number of benzene rings is 4. The average Bonchev–Trinajstić information content (AvgIpc) is 2.92. The highest BCUT2D eigenvalue weighted by Crippen LogP contribution is 2.26. The van der Waals surface area contributed by atoms with Crippen LogP contribution in [0.15, 0.2) is 103 Å². The minimum Gasteiger partial charge on any atom is -0.489 e. The summed E-state index contributed by atoms with van der Waals surface area (Å²) >= 11 is 0. The lowest BCUT2D eigenvalue weighted by Crippen LogP contribution is -2.31. The number of nitrogens with one attached hydrogen (secondary N) is 1. The summed E-state index contributed by atoms with van der Waals surface area (Å²) in [7, 11) is 1.72. The second-order valence-electron chi connectivity index (χ2n) is 8.43. The van der Waals surface area contributed by atoms with Crippen LogP contribution in [-0.4, -0.2) is 24.2 Å². The molecule has 4 rings (SSSR count). The molecule has 6 nitrogen and oxygen atoms in total. The molecule has 4 aromatic carbocycles. The van der Waals surface area contributed by atoms with Gasteiger partial charge in [0.15, 0.2) is 0 Å². The highest BCUT2D eigenvalue weighted by Gasteiger charge is 2.12. The molecule has 0 fully saturated rings. The van der Waals surface area contributed by atoms with E-state index in [9.17, 15) is 9.59 Å². The topological polar surface area (TPSA) is 78.9 Å². The fourth-order valence-corrected chi connectivity index (χ4v) is 3.71. The Labute approximate surface area is 210 Å². The third-order valence-corrected chi connectivity index (χ3v) is 5.81. The first-order valence-corrected chi connectivity index (χ1v) is 11.7. The van der Waals surface area contributed by atoms with E-state index in [1.807, 2.05) is 103 Å². The van der Waals surface area contributed by atoms with Crippen molar-refractivity contribution in [1.82, 2.24) is 0 Å². The van der Waals surface area contributed by atoms with E-state index in [-0.39, 0.29) is 12.5 Å². The quantitative estimate of drug-likeness (QED) is 0.282. The number of carbonyl (C=O) groups excluding carboxylic acids is 1. The number of hydrogen-bond acceptors (Lipinski definition) is 3. The summed E-state index contributed by atoms with van der Waals surface area (Å²) in [5, 5.41) is 11.8. The summed E-state index contributed by atoms with van der Waals surface area (Å²) in [6, 6.07) is 32.5. The molecule has 0 saturated heterocycles. The lowest BCUT2D eigenvalue weighted by Gasteiger charge is -2.19. The number of rotatable bonds is 9. The van der Waals surface area contributed by atoms with Gasteiger partial charge in [0, 0.05) is 24.8 Å². The number of aliphatic carboxylic acids is 1. The van der Waals surface area contributed by atoms with Gasteiger partial charge >= 0.3 is 12.0 Å². The van der Waals surface area contributed by atoms with Gasteiger partial charge in [0.25, 0.3) is 0 Å². The Balaban J connectivity index is 1.36. The molecule has 0 aliphatic heterocycles. The SMILES string of the molecule is CN(C(=O)Nc1ccc(OCc2ccccc2)cc1)c1cccc(-c2ccc(CCC(=O)O)cc2)c1. The van der Waals surface area contributed by atoms with Crippen LogP contribution in [0, 0.1) is 0 Å². The first-order chi connectivity index (χ1) is 17.5. The van der Waals surface area contributed by atoms with Gasteiger partial charge in [-0.1, -0.05) is 66.7 Å². The number of anilines is 2. The Morgan fingerprint density at radius 3 is 2.22 bits per heavy atom. The third-order valence-electron chi connectivity index (χ3n) is 5.81. The summed E-state index contributed by atoms with van der Waals surface area (Å²) in [6.07, 6.45) is 0.608. The molecular formula is C30H28N2O4. The molecule has 4 aromatic rings. The molecular weight excluding hydrogens is 452 g/mol. The number of carboxylic acids is 1. The molecule has 6 heteroatoms. The number of amides is 2. The molecule has 0 radical (unpaired) electrons. The maximum Gasteiger partial charge on any atom is 0.326 e. The predicted molar refractivity (Wildman–Crippen MR) is 142 cm³/mol. The van der Waals surface area contributed by atoms with Gasteiger partial charge in [0.2, 0.25) is 0 Å². The van der Waals surface area contributed by atoms with Crippen molar-refractivity contribution < 1.29 is 19.4 Å². The fraction of sp³-hybridized carbons (Fsp3) is 0.133. The fourth-order valence-electron chi connectivity index (χ4n) is 3.71. The summed E-state index contributed by atoms with van der Waals surface area (Å²) in [4.78, 5) is 25.2. The monoisotopic (exact) mass is 480 g/mol. The van der Waals surface area contributed by atoms with Gasteiger partial charge < -0.3 is 15.2 Å². The smallest absolute Gasteiger partial charge is 0.326 e. The Bertz CT molecular complexity index is 1300. The number of ether oxygens (including phenoxy) is 1. The highest BCUT2D eigenvalue weighted by atomic mass is 16.5. The lowest BCUT2D eigenvalue weighted by atomic mass is 10.0. The van der Waals surface area contributed by atoms with E-state index in [1.54, 1.807) is 11.9 Å². The van der Waals surface area contributed by atoms with Crippen molar-refractivity contribution in [3.8, 4) is 16.9 Å². The number of hydrogen-bond donors (Lipinski definition) is 2. The van der Waals surface area contributed by atoms with Crippen molar-refractivity contribution in [2.24, 2.45) is 0 Å². The van der Waals surface area contributed by atoms with E-state index in [2.05, 4.69) is 5.32 Å². The Kier molecular flexibility index (Phi) is 7.98. The zero-order chi connectivity index (χ0) is 25.3. The van der Waals surface area contributed by atoms with Gasteiger partial charge in [-0.2, -0.15) is 0 Å². The van der Waals surface area contributed by atoms with Crippen molar-refractivity contribution in [1.29, 1.82) is 0 Å². The second kappa shape index (κ2) is 11.7. The van der Waals surface area contributed by atoms with Gasteiger partial charge in [-0.3, -0.25) is 9.69 Å². The number of nitrogens with zero attached hydrogens (tertiary/aromatic N) is 1. The normalized spacial score (nSPS) is 10.5. The predicted octanol–water partition coefficient (Wildman–Crippen LogP) is 6.62. The van der Waals surface area contributed by atoms with Crippen LogP contribution in [0.25, 0.3) is 11.1 Å². The third kappa shape index (κ3) is 6.73. The molecule has 2 N–H and O–H groups in total. The molecule has 0 spiro atoms. The van der Waals surface area contributed by atoms with Gasteiger partial charge in [-0.05, 0) is 65.1 Å². The Hall–Kier alpha value is -4.58. The minimum absolute atomic E-state index is 0.109.